The van der Waals surface area contributed by atoms with Crippen LogP contribution in [0, 0.1) is 9.39 Å². The van der Waals surface area contributed by atoms with E-state index in [4.69, 9.17) is 0 Å². The van der Waals surface area contributed by atoms with Crippen LogP contribution < -0.4 is 10.0 Å². The van der Waals surface area contributed by atoms with Crippen molar-refractivity contribution in [1.29, 1.82) is 0 Å². The summed E-state index contributed by atoms with van der Waals surface area (Å²) in [5.41, 5.74) is 0.776. The summed E-state index contributed by atoms with van der Waals surface area (Å²) in [6, 6.07) is 10.7. The predicted molar refractivity (Wildman–Crippen MR) is 89.1 cm³/mol. The Kier molecular flexibility index (Phi) is 5.17. The van der Waals surface area contributed by atoms with Crippen LogP contribution in [0.3, 0.4) is 0 Å². The molecule has 7 heteroatoms. The Balaban J connectivity index is 2.31. The van der Waals surface area contributed by atoms with Crippen LogP contribution in [0.15, 0.2) is 47.4 Å². The smallest absolute Gasteiger partial charge is 0.261 e. The number of hydrogen-bond acceptors (Lipinski definition) is 3. The molecule has 0 saturated heterocycles. The minimum atomic E-state index is -3.73. The van der Waals surface area contributed by atoms with Gasteiger partial charge in [0.15, 0.2) is 0 Å². The van der Waals surface area contributed by atoms with Gasteiger partial charge < -0.3 is 5.32 Å². The highest BCUT2D eigenvalue weighted by molar-refractivity contribution is 14.1. The lowest BCUT2D eigenvalue weighted by molar-refractivity contribution is 0.592. The van der Waals surface area contributed by atoms with E-state index in [0.717, 1.165) is 9.64 Å². The Bertz CT molecular complexity index is 733. The van der Waals surface area contributed by atoms with E-state index in [1.165, 1.54) is 12.1 Å². The van der Waals surface area contributed by atoms with Crippen molar-refractivity contribution in [1.82, 2.24) is 5.32 Å². The number of halogens is 2. The molecule has 2 rings (SSSR count). The third-order valence-corrected chi connectivity index (χ3v) is 4.89. The molecule has 0 spiro atoms. The minimum absolute atomic E-state index is 0.0349. The van der Waals surface area contributed by atoms with E-state index in [-0.39, 0.29) is 11.4 Å². The summed E-state index contributed by atoms with van der Waals surface area (Å²) in [5.74, 6) is -0.433. The maximum atomic E-state index is 13.6. The van der Waals surface area contributed by atoms with Crippen LogP contribution in [-0.4, -0.2) is 15.5 Å². The number of benzene rings is 2. The summed E-state index contributed by atoms with van der Waals surface area (Å²) in [6.45, 7) is 0.263. The Morgan fingerprint density at radius 1 is 1.14 bits per heavy atom. The predicted octanol–water partition coefficient (Wildman–Crippen LogP) is 2.95. The highest BCUT2D eigenvalue weighted by atomic mass is 127. The molecule has 0 aromatic heterocycles. The van der Waals surface area contributed by atoms with Crippen molar-refractivity contribution in [2.75, 3.05) is 11.8 Å². The summed E-state index contributed by atoms with van der Waals surface area (Å²) in [6.07, 6.45) is 0. The molecular formula is C14H14FIN2O2S. The molecule has 2 aromatic rings. The van der Waals surface area contributed by atoms with Gasteiger partial charge in [0, 0.05) is 21.4 Å². The van der Waals surface area contributed by atoms with E-state index in [1.54, 1.807) is 31.3 Å². The lowest BCUT2D eigenvalue weighted by Gasteiger charge is -2.10. The van der Waals surface area contributed by atoms with Crippen LogP contribution in [0.25, 0.3) is 0 Å². The van der Waals surface area contributed by atoms with E-state index in [0.29, 0.717) is 11.3 Å². The number of rotatable bonds is 5. The topological polar surface area (TPSA) is 58.2 Å². The molecular weight excluding hydrogens is 406 g/mol. The van der Waals surface area contributed by atoms with Crippen LogP contribution in [0.5, 0.6) is 0 Å². The molecule has 2 N–H and O–H groups in total. The quantitative estimate of drug-likeness (QED) is 0.732. The van der Waals surface area contributed by atoms with Crippen molar-refractivity contribution >= 4 is 38.3 Å². The third kappa shape index (κ3) is 4.14. The minimum Gasteiger partial charge on any atom is -0.316 e. The third-order valence-electron chi connectivity index (χ3n) is 2.79. The maximum Gasteiger partial charge on any atom is 0.261 e. The maximum absolute atomic E-state index is 13.6. The van der Waals surface area contributed by atoms with E-state index in [1.807, 2.05) is 0 Å². The zero-order valence-electron chi connectivity index (χ0n) is 11.2. The Hall–Kier alpha value is -1.19. The summed E-state index contributed by atoms with van der Waals surface area (Å²) in [4.78, 5) is 0.0349. The van der Waals surface area contributed by atoms with Gasteiger partial charge in [-0.25, -0.2) is 12.8 Å². The first kappa shape index (κ1) is 16.2. The van der Waals surface area contributed by atoms with E-state index < -0.39 is 15.8 Å². The second-order valence-corrected chi connectivity index (χ2v) is 7.32. The molecule has 0 aliphatic heterocycles. The molecule has 0 heterocycles. The van der Waals surface area contributed by atoms with Gasteiger partial charge in [-0.05, 0) is 72.1 Å². The molecule has 0 bridgehead atoms. The van der Waals surface area contributed by atoms with Gasteiger partial charge >= 0.3 is 0 Å². The molecule has 0 fully saturated rings. The lowest BCUT2D eigenvalue weighted by atomic mass is 10.2. The van der Waals surface area contributed by atoms with Gasteiger partial charge in [0.1, 0.15) is 5.82 Å². The molecule has 0 atom stereocenters. The van der Waals surface area contributed by atoms with Crippen molar-refractivity contribution in [2.45, 2.75) is 11.4 Å². The van der Waals surface area contributed by atoms with Crippen molar-refractivity contribution < 1.29 is 12.8 Å². The lowest BCUT2D eigenvalue weighted by Crippen LogP contribution is -2.14. The summed E-state index contributed by atoms with van der Waals surface area (Å²) < 4.78 is 41.6. The van der Waals surface area contributed by atoms with Gasteiger partial charge in [-0.1, -0.05) is 0 Å². The van der Waals surface area contributed by atoms with Gasteiger partial charge in [0.2, 0.25) is 0 Å². The first-order chi connectivity index (χ1) is 9.92. The van der Waals surface area contributed by atoms with Gasteiger partial charge in [-0.3, -0.25) is 4.72 Å². The average molecular weight is 420 g/mol. The molecule has 0 aliphatic rings. The Morgan fingerprint density at radius 3 is 2.43 bits per heavy atom. The Morgan fingerprint density at radius 2 is 1.81 bits per heavy atom. The molecule has 112 valence electrons. The number of hydrogen-bond donors (Lipinski definition) is 2. The number of sulfonamides is 1. The van der Waals surface area contributed by atoms with Crippen LogP contribution >= 0.6 is 22.6 Å². The van der Waals surface area contributed by atoms with Crippen molar-refractivity contribution in [3.8, 4) is 0 Å². The standard InChI is InChI=1S/C14H14FIN2O2S/c1-17-9-10-8-13(6-7-14(10)15)21(19,20)18-12-4-2-11(16)3-5-12/h2-8,17-18H,9H2,1H3. The summed E-state index contributed by atoms with van der Waals surface area (Å²) >= 11 is 2.14. The highest BCUT2D eigenvalue weighted by Crippen LogP contribution is 2.19. The van der Waals surface area contributed by atoms with Crippen molar-refractivity contribution in [3.63, 3.8) is 0 Å². The first-order valence-corrected chi connectivity index (χ1v) is 8.70. The van der Waals surface area contributed by atoms with Crippen LogP contribution in [-0.2, 0) is 16.6 Å². The molecule has 0 radical (unpaired) electrons. The highest BCUT2D eigenvalue weighted by Gasteiger charge is 2.16. The average Bonchev–Trinajstić information content (AvgIpc) is 2.43. The molecule has 21 heavy (non-hydrogen) atoms. The largest absolute Gasteiger partial charge is 0.316 e. The zero-order chi connectivity index (χ0) is 15.5. The van der Waals surface area contributed by atoms with Crippen molar-refractivity contribution in [3.05, 3.63) is 57.4 Å². The zero-order valence-corrected chi connectivity index (χ0v) is 14.2. The van der Waals surface area contributed by atoms with Crippen LogP contribution in [0.1, 0.15) is 5.56 Å². The van der Waals surface area contributed by atoms with Crippen molar-refractivity contribution in [2.24, 2.45) is 0 Å². The molecule has 0 saturated carbocycles. The summed E-state index contributed by atoms with van der Waals surface area (Å²) in [7, 11) is -2.06. The van der Waals surface area contributed by atoms with Gasteiger partial charge in [-0.2, -0.15) is 0 Å². The molecule has 0 unspecified atom stereocenters. The van der Waals surface area contributed by atoms with Crippen LogP contribution in [0.2, 0.25) is 0 Å². The monoisotopic (exact) mass is 420 g/mol. The fraction of sp³-hybridized carbons (Fsp3) is 0.143. The molecule has 0 aliphatic carbocycles. The normalized spacial score (nSPS) is 11.4. The summed E-state index contributed by atoms with van der Waals surface area (Å²) in [5, 5.41) is 2.80. The van der Waals surface area contributed by atoms with Crippen LogP contribution in [0.4, 0.5) is 10.1 Å². The molecule has 2 aromatic carbocycles. The van der Waals surface area contributed by atoms with Gasteiger partial charge in [0.05, 0.1) is 4.90 Å². The number of anilines is 1. The SMILES string of the molecule is CNCc1cc(S(=O)(=O)Nc2ccc(I)cc2)ccc1F. The first-order valence-electron chi connectivity index (χ1n) is 6.14. The fourth-order valence-electron chi connectivity index (χ4n) is 1.78. The second-order valence-electron chi connectivity index (χ2n) is 4.40. The van der Waals surface area contributed by atoms with E-state index in [2.05, 4.69) is 32.6 Å². The second kappa shape index (κ2) is 6.71. The molecule has 4 nitrogen and oxygen atoms in total. The van der Waals surface area contributed by atoms with Gasteiger partial charge in [-0.15, -0.1) is 0 Å². The van der Waals surface area contributed by atoms with E-state index in [9.17, 15) is 12.8 Å². The number of nitrogens with one attached hydrogen (secondary N) is 2. The Labute approximate surface area is 137 Å². The fourth-order valence-corrected chi connectivity index (χ4v) is 3.24. The van der Waals surface area contributed by atoms with E-state index >= 15 is 0 Å². The molecule has 0 amide bonds. The van der Waals surface area contributed by atoms with Gasteiger partial charge in [0.25, 0.3) is 10.0 Å².